The monoisotopic (exact) mass is 373 g/mol. The summed E-state index contributed by atoms with van der Waals surface area (Å²) in [4.78, 5) is 6.16. The van der Waals surface area contributed by atoms with Gasteiger partial charge in [-0.2, -0.15) is 0 Å². The Morgan fingerprint density at radius 2 is 2.17 bits per heavy atom. The van der Waals surface area contributed by atoms with Crippen molar-refractivity contribution in [2.75, 3.05) is 24.3 Å². The molecule has 96 valence electrons. The predicted octanol–water partition coefficient (Wildman–Crippen LogP) is 3.88. The molecule has 2 aromatic rings. The number of nitrogens with one attached hydrogen (secondary N) is 1. The van der Waals surface area contributed by atoms with Crippen molar-refractivity contribution < 1.29 is 4.42 Å². The standard InChI is InChI=1S/C12H13Br2N3O/c1-17(2)11-3-4-15-7-10(11)16-6-8-5-9(13)12(14)18-8/h3-5,7,16H,6H2,1-2H3. The minimum atomic E-state index is 0.608. The highest BCUT2D eigenvalue weighted by Crippen LogP contribution is 2.28. The van der Waals surface area contributed by atoms with Gasteiger partial charge in [-0.05, 0) is 44.0 Å². The number of anilines is 2. The van der Waals surface area contributed by atoms with Crippen LogP contribution in [0.4, 0.5) is 11.4 Å². The zero-order valence-corrected chi connectivity index (χ0v) is 13.2. The van der Waals surface area contributed by atoms with Crippen molar-refractivity contribution in [1.29, 1.82) is 0 Å². The van der Waals surface area contributed by atoms with Gasteiger partial charge in [0.25, 0.3) is 0 Å². The summed E-state index contributed by atoms with van der Waals surface area (Å²) < 4.78 is 7.13. The Morgan fingerprint density at radius 1 is 1.39 bits per heavy atom. The smallest absolute Gasteiger partial charge is 0.183 e. The number of pyridine rings is 1. The van der Waals surface area contributed by atoms with Crippen molar-refractivity contribution in [3.63, 3.8) is 0 Å². The van der Waals surface area contributed by atoms with Gasteiger partial charge in [0, 0.05) is 20.3 Å². The fourth-order valence-corrected chi connectivity index (χ4v) is 2.23. The van der Waals surface area contributed by atoms with E-state index in [4.69, 9.17) is 4.42 Å². The molecule has 0 atom stereocenters. The minimum Gasteiger partial charge on any atom is -0.451 e. The molecule has 6 heteroatoms. The van der Waals surface area contributed by atoms with E-state index in [1.165, 1.54) is 0 Å². The Balaban J connectivity index is 2.10. The molecule has 0 aliphatic heterocycles. The van der Waals surface area contributed by atoms with Crippen LogP contribution in [0.3, 0.4) is 0 Å². The summed E-state index contributed by atoms with van der Waals surface area (Å²) in [6.45, 7) is 0.608. The molecule has 0 aromatic carbocycles. The fraction of sp³-hybridized carbons (Fsp3) is 0.250. The molecular formula is C12H13Br2N3O. The van der Waals surface area contributed by atoms with E-state index in [0.717, 1.165) is 21.6 Å². The van der Waals surface area contributed by atoms with Crippen LogP contribution in [0.5, 0.6) is 0 Å². The molecular weight excluding hydrogens is 362 g/mol. The normalized spacial score (nSPS) is 10.4. The van der Waals surface area contributed by atoms with E-state index in [1.807, 2.05) is 37.3 Å². The largest absolute Gasteiger partial charge is 0.451 e. The first-order valence-electron chi connectivity index (χ1n) is 5.37. The van der Waals surface area contributed by atoms with Crippen molar-refractivity contribution in [2.24, 2.45) is 0 Å². The molecule has 0 fully saturated rings. The van der Waals surface area contributed by atoms with Crippen LogP contribution in [0.15, 0.2) is 38.1 Å². The maximum absolute atomic E-state index is 5.51. The molecule has 0 unspecified atom stereocenters. The Labute approximate surface area is 123 Å². The number of hydrogen-bond donors (Lipinski definition) is 1. The lowest BCUT2D eigenvalue weighted by Gasteiger charge is -2.17. The molecule has 2 heterocycles. The number of furan rings is 1. The molecule has 4 nitrogen and oxygen atoms in total. The van der Waals surface area contributed by atoms with Gasteiger partial charge in [0.15, 0.2) is 4.67 Å². The highest BCUT2D eigenvalue weighted by Gasteiger charge is 2.08. The zero-order valence-electron chi connectivity index (χ0n) is 10.1. The van der Waals surface area contributed by atoms with Crippen LogP contribution in [0, 0.1) is 0 Å². The third kappa shape index (κ3) is 3.05. The zero-order chi connectivity index (χ0) is 13.1. The second kappa shape index (κ2) is 5.75. The van der Waals surface area contributed by atoms with E-state index in [2.05, 4.69) is 42.2 Å². The summed E-state index contributed by atoms with van der Waals surface area (Å²) in [5.74, 6) is 0.849. The molecule has 0 aliphatic rings. The Morgan fingerprint density at radius 3 is 2.78 bits per heavy atom. The number of nitrogens with zero attached hydrogens (tertiary/aromatic N) is 2. The maximum atomic E-state index is 5.51. The summed E-state index contributed by atoms with van der Waals surface area (Å²) in [5.41, 5.74) is 2.07. The van der Waals surface area contributed by atoms with Gasteiger partial charge in [-0.25, -0.2) is 0 Å². The van der Waals surface area contributed by atoms with Gasteiger partial charge in [-0.1, -0.05) is 0 Å². The van der Waals surface area contributed by atoms with Crippen LogP contribution in [0.25, 0.3) is 0 Å². The van der Waals surface area contributed by atoms with E-state index in [1.54, 1.807) is 6.20 Å². The maximum Gasteiger partial charge on any atom is 0.183 e. The average Bonchev–Trinajstić information content (AvgIpc) is 2.66. The summed E-state index contributed by atoms with van der Waals surface area (Å²) in [6, 6.07) is 3.90. The van der Waals surface area contributed by atoms with Gasteiger partial charge < -0.3 is 14.6 Å². The number of rotatable bonds is 4. The lowest BCUT2D eigenvalue weighted by atomic mass is 10.3. The highest BCUT2D eigenvalue weighted by molar-refractivity contribution is 9.13. The van der Waals surface area contributed by atoms with Crippen LogP contribution in [-0.4, -0.2) is 19.1 Å². The van der Waals surface area contributed by atoms with Gasteiger partial charge in [0.05, 0.1) is 28.6 Å². The third-order valence-corrected chi connectivity index (χ3v) is 4.14. The van der Waals surface area contributed by atoms with Crippen LogP contribution in [0.1, 0.15) is 5.76 Å². The SMILES string of the molecule is CN(C)c1ccncc1NCc1cc(Br)c(Br)o1. The van der Waals surface area contributed by atoms with Crippen molar-refractivity contribution in [3.8, 4) is 0 Å². The molecule has 0 bridgehead atoms. The molecule has 2 aromatic heterocycles. The van der Waals surface area contributed by atoms with Crippen molar-refractivity contribution >= 4 is 43.2 Å². The number of aromatic nitrogens is 1. The summed E-state index contributed by atoms with van der Waals surface area (Å²) in [7, 11) is 4.00. The fourth-order valence-electron chi connectivity index (χ4n) is 1.57. The average molecular weight is 375 g/mol. The molecule has 0 saturated heterocycles. The van der Waals surface area contributed by atoms with Gasteiger partial charge in [0.2, 0.25) is 0 Å². The number of hydrogen-bond acceptors (Lipinski definition) is 4. The molecule has 0 saturated carbocycles. The van der Waals surface area contributed by atoms with E-state index >= 15 is 0 Å². The van der Waals surface area contributed by atoms with Crippen LogP contribution < -0.4 is 10.2 Å². The van der Waals surface area contributed by atoms with Crippen molar-refractivity contribution in [2.45, 2.75) is 6.54 Å². The molecule has 0 amide bonds. The lowest BCUT2D eigenvalue weighted by Crippen LogP contribution is -2.12. The second-order valence-corrected chi connectivity index (χ2v) is 5.55. The molecule has 1 N–H and O–H groups in total. The first kappa shape index (κ1) is 13.4. The molecule has 0 radical (unpaired) electrons. The summed E-state index contributed by atoms with van der Waals surface area (Å²) in [5, 5.41) is 3.31. The number of halogens is 2. The van der Waals surface area contributed by atoms with E-state index in [0.29, 0.717) is 11.2 Å². The molecule has 2 rings (SSSR count). The van der Waals surface area contributed by atoms with Crippen molar-refractivity contribution in [3.05, 3.63) is 39.4 Å². The van der Waals surface area contributed by atoms with E-state index < -0.39 is 0 Å². The lowest BCUT2D eigenvalue weighted by molar-refractivity contribution is 0.494. The summed E-state index contributed by atoms with van der Waals surface area (Å²) >= 11 is 6.71. The molecule has 0 aliphatic carbocycles. The van der Waals surface area contributed by atoms with Gasteiger partial charge in [0.1, 0.15) is 5.76 Å². The first-order valence-corrected chi connectivity index (χ1v) is 6.95. The molecule has 18 heavy (non-hydrogen) atoms. The van der Waals surface area contributed by atoms with Gasteiger partial charge in [-0.15, -0.1) is 0 Å². The van der Waals surface area contributed by atoms with E-state index in [-0.39, 0.29) is 0 Å². The van der Waals surface area contributed by atoms with Gasteiger partial charge in [-0.3, -0.25) is 4.98 Å². The second-order valence-electron chi connectivity index (χ2n) is 3.98. The topological polar surface area (TPSA) is 41.3 Å². The van der Waals surface area contributed by atoms with E-state index in [9.17, 15) is 0 Å². The van der Waals surface area contributed by atoms with Crippen molar-refractivity contribution in [1.82, 2.24) is 4.98 Å². The third-order valence-electron chi connectivity index (χ3n) is 2.43. The Hall–Kier alpha value is -1.01. The minimum absolute atomic E-state index is 0.608. The Bertz CT molecular complexity index is 520. The first-order chi connectivity index (χ1) is 8.58. The Kier molecular flexibility index (Phi) is 4.29. The highest BCUT2D eigenvalue weighted by atomic mass is 79.9. The van der Waals surface area contributed by atoms with Crippen LogP contribution >= 0.6 is 31.9 Å². The summed E-state index contributed by atoms with van der Waals surface area (Å²) in [6.07, 6.45) is 3.59. The van der Waals surface area contributed by atoms with Crippen LogP contribution in [0.2, 0.25) is 0 Å². The van der Waals surface area contributed by atoms with Crippen LogP contribution in [-0.2, 0) is 6.54 Å². The van der Waals surface area contributed by atoms with Gasteiger partial charge >= 0.3 is 0 Å². The quantitative estimate of drug-likeness (QED) is 0.881. The molecule has 0 spiro atoms. The predicted molar refractivity (Wildman–Crippen MR) is 80.0 cm³/mol.